The zero-order chi connectivity index (χ0) is 14.5. The van der Waals surface area contributed by atoms with Crippen LogP contribution in [0.1, 0.15) is 23.2 Å². The van der Waals surface area contributed by atoms with Crippen LogP contribution in [0.3, 0.4) is 0 Å². The molecule has 0 spiro atoms. The first-order valence-electron chi connectivity index (χ1n) is 6.03. The maximum atomic E-state index is 12.2. The molecule has 0 saturated heterocycles. The summed E-state index contributed by atoms with van der Waals surface area (Å²) < 4.78 is 23.3. The van der Waals surface area contributed by atoms with Crippen molar-refractivity contribution < 1.29 is 13.2 Å². The van der Waals surface area contributed by atoms with Crippen molar-refractivity contribution in [3.05, 3.63) is 42.5 Å². The van der Waals surface area contributed by atoms with E-state index in [9.17, 15) is 13.2 Å². The predicted octanol–water partition coefficient (Wildman–Crippen LogP) is 2.13. The Hall–Kier alpha value is -1.62. The van der Waals surface area contributed by atoms with E-state index in [4.69, 9.17) is 0 Å². The van der Waals surface area contributed by atoms with Crippen molar-refractivity contribution in [3.8, 4) is 0 Å². The number of unbranched alkanes of at least 4 members (excludes halogenated alkanes) is 1. The second kappa shape index (κ2) is 6.52. The number of amides is 1. The fraction of sp³-hybridized carbons (Fsp3) is 0.357. The topological polar surface area (TPSA) is 54.5 Å². The molecule has 0 heterocycles. The summed E-state index contributed by atoms with van der Waals surface area (Å²) in [7, 11) is -1.73. The van der Waals surface area contributed by atoms with Gasteiger partial charge in [0, 0.05) is 19.8 Å². The molecule has 1 rings (SSSR count). The maximum Gasteiger partial charge on any atom is 0.254 e. The third kappa shape index (κ3) is 4.21. The third-order valence-corrected chi connectivity index (χ3v) is 3.92. The van der Waals surface area contributed by atoms with Crippen molar-refractivity contribution >= 4 is 15.7 Å². The van der Waals surface area contributed by atoms with Crippen LogP contribution in [0, 0.1) is 0 Å². The first-order chi connectivity index (χ1) is 8.88. The second-order valence-corrected chi connectivity index (χ2v) is 6.41. The first-order valence-corrected chi connectivity index (χ1v) is 7.92. The van der Waals surface area contributed by atoms with Gasteiger partial charge in [-0.05, 0) is 25.0 Å². The fourth-order valence-corrected chi connectivity index (χ4v) is 2.63. The molecule has 4 nitrogen and oxygen atoms in total. The van der Waals surface area contributed by atoms with Gasteiger partial charge in [0.25, 0.3) is 5.91 Å². The number of sulfone groups is 1. The molecule has 104 valence electrons. The zero-order valence-corrected chi connectivity index (χ0v) is 12.1. The van der Waals surface area contributed by atoms with Crippen LogP contribution in [0.25, 0.3) is 0 Å². The molecule has 0 unspecified atom stereocenters. The Morgan fingerprint density at radius 3 is 2.58 bits per heavy atom. The number of nitrogens with zero attached hydrogens (tertiary/aromatic N) is 1. The van der Waals surface area contributed by atoms with Crippen LogP contribution in [-0.2, 0) is 9.84 Å². The largest absolute Gasteiger partial charge is 0.342 e. The van der Waals surface area contributed by atoms with Gasteiger partial charge in [-0.15, -0.1) is 6.58 Å². The summed E-state index contributed by atoms with van der Waals surface area (Å²) in [6.45, 7) is 4.20. The van der Waals surface area contributed by atoms with Crippen LogP contribution in [0.5, 0.6) is 0 Å². The van der Waals surface area contributed by atoms with E-state index < -0.39 is 9.84 Å². The summed E-state index contributed by atoms with van der Waals surface area (Å²) >= 11 is 0. The SMILES string of the molecule is C=CCCCN(C)C(=O)c1ccccc1S(C)(=O)=O. The molecule has 0 atom stereocenters. The number of hydrogen-bond acceptors (Lipinski definition) is 3. The molecule has 0 radical (unpaired) electrons. The summed E-state index contributed by atoms with van der Waals surface area (Å²) in [6, 6.07) is 6.28. The minimum absolute atomic E-state index is 0.0792. The molecule has 0 aliphatic rings. The summed E-state index contributed by atoms with van der Waals surface area (Å²) in [6.07, 6.45) is 4.54. The van der Waals surface area contributed by atoms with Crippen molar-refractivity contribution in [2.24, 2.45) is 0 Å². The Bertz CT molecular complexity index is 564. The van der Waals surface area contributed by atoms with Crippen molar-refractivity contribution in [1.82, 2.24) is 4.90 Å². The molecule has 1 amide bonds. The van der Waals surface area contributed by atoms with Crippen LogP contribution >= 0.6 is 0 Å². The number of benzene rings is 1. The normalized spacial score (nSPS) is 11.1. The lowest BCUT2D eigenvalue weighted by Gasteiger charge is -2.18. The van der Waals surface area contributed by atoms with Crippen molar-refractivity contribution in [3.63, 3.8) is 0 Å². The number of carbonyl (C=O) groups excluding carboxylic acids is 1. The monoisotopic (exact) mass is 281 g/mol. The Labute approximate surface area is 114 Å². The minimum Gasteiger partial charge on any atom is -0.342 e. The molecule has 0 aliphatic heterocycles. The van der Waals surface area contributed by atoms with Gasteiger partial charge in [0.1, 0.15) is 0 Å². The van der Waals surface area contributed by atoms with Gasteiger partial charge in [0.05, 0.1) is 10.5 Å². The van der Waals surface area contributed by atoms with Gasteiger partial charge in [-0.1, -0.05) is 18.2 Å². The van der Waals surface area contributed by atoms with Gasteiger partial charge in [0.15, 0.2) is 9.84 Å². The number of carbonyl (C=O) groups is 1. The van der Waals surface area contributed by atoms with Gasteiger partial charge in [0.2, 0.25) is 0 Å². The molecular formula is C14H19NO3S. The van der Waals surface area contributed by atoms with Crippen molar-refractivity contribution in [1.29, 1.82) is 0 Å². The van der Waals surface area contributed by atoms with Gasteiger partial charge in [-0.3, -0.25) is 4.79 Å². The Morgan fingerprint density at radius 1 is 1.37 bits per heavy atom. The van der Waals surface area contributed by atoms with Gasteiger partial charge in [-0.25, -0.2) is 8.42 Å². The van der Waals surface area contributed by atoms with Crippen molar-refractivity contribution in [2.75, 3.05) is 19.8 Å². The lowest BCUT2D eigenvalue weighted by molar-refractivity contribution is 0.0790. The molecule has 0 bridgehead atoms. The number of rotatable bonds is 6. The van der Waals surface area contributed by atoms with E-state index in [1.54, 1.807) is 31.3 Å². The number of allylic oxidation sites excluding steroid dienone is 1. The predicted molar refractivity (Wildman–Crippen MR) is 75.9 cm³/mol. The average molecular weight is 281 g/mol. The molecule has 0 saturated carbocycles. The molecular weight excluding hydrogens is 262 g/mol. The fourth-order valence-electron chi connectivity index (χ4n) is 1.75. The molecule has 5 heteroatoms. The molecule has 0 fully saturated rings. The minimum atomic E-state index is -3.40. The van der Waals surface area contributed by atoms with E-state index in [0.29, 0.717) is 6.54 Å². The van der Waals surface area contributed by atoms with Crippen LogP contribution < -0.4 is 0 Å². The zero-order valence-electron chi connectivity index (χ0n) is 11.3. The van der Waals surface area contributed by atoms with E-state index in [1.807, 2.05) is 0 Å². The summed E-state index contributed by atoms with van der Waals surface area (Å²) in [5.74, 6) is -0.273. The van der Waals surface area contributed by atoms with Crippen LogP contribution in [0.2, 0.25) is 0 Å². The van der Waals surface area contributed by atoms with Gasteiger partial charge < -0.3 is 4.90 Å². The maximum absolute atomic E-state index is 12.2. The van der Waals surface area contributed by atoms with E-state index >= 15 is 0 Å². The first kappa shape index (κ1) is 15.4. The van der Waals surface area contributed by atoms with Gasteiger partial charge >= 0.3 is 0 Å². The molecule has 19 heavy (non-hydrogen) atoms. The molecule has 0 aromatic heterocycles. The van der Waals surface area contributed by atoms with E-state index in [-0.39, 0.29) is 16.4 Å². The quantitative estimate of drug-likeness (QED) is 0.593. The average Bonchev–Trinajstić information content (AvgIpc) is 2.37. The summed E-state index contributed by atoms with van der Waals surface area (Å²) in [5.41, 5.74) is 0.228. The smallest absolute Gasteiger partial charge is 0.254 e. The highest BCUT2D eigenvalue weighted by Crippen LogP contribution is 2.17. The van der Waals surface area contributed by atoms with E-state index in [0.717, 1.165) is 19.1 Å². The lowest BCUT2D eigenvalue weighted by Crippen LogP contribution is -2.29. The number of hydrogen-bond donors (Lipinski definition) is 0. The van der Waals surface area contributed by atoms with Crippen LogP contribution in [0.4, 0.5) is 0 Å². The second-order valence-electron chi connectivity index (χ2n) is 4.43. The molecule has 1 aromatic carbocycles. The third-order valence-electron chi connectivity index (χ3n) is 2.77. The van der Waals surface area contributed by atoms with Gasteiger partial charge in [-0.2, -0.15) is 0 Å². The highest BCUT2D eigenvalue weighted by atomic mass is 32.2. The van der Waals surface area contributed by atoms with Crippen LogP contribution in [-0.4, -0.2) is 39.1 Å². The molecule has 0 aliphatic carbocycles. The van der Waals surface area contributed by atoms with Crippen molar-refractivity contribution in [2.45, 2.75) is 17.7 Å². The van der Waals surface area contributed by atoms with Crippen LogP contribution in [0.15, 0.2) is 41.8 Å². The van der Waals surface area contributed by atoms with E-state index in [2.05, 4.69) is 6.58 Å². The Kier molecular flexibility index (Phi) is 5.30. The summed E-state index contributed by atoms with van der Waals surface area (Å²) in [5, 5.41) is 0. The Morgan fingerprint density at radius 2 is 2.00 bits per heavy atom. The summed E-state index contributed by atoms with van der Waals surface area (Å²) in [4.78, 5) is 13.9. The Balaban J connectivity index is 2.97. The highest BCUT2D eigenvalue weighted by molar-refractivity contribution is 7.90. The van der Waals surface area contributed by atoms with E-state index in [1.165, 1.54) is 11.0 Å². The highest BCUT2D eigenvalue weighted by Gasteiger charge is 2.20. The molecule has 1 aromatic rings. The standard InChI is InChI=1S/C14H19NO3S/c1-4-5-8-11-15(2)14(16)12-9-6-7-10-13(12)19(3,17)18/h4,6-7,9-10H,1,5,8,11H2,2-3H3. The molecule has 0 N–H and O–H groups in total. The lowest BCUT2D eigenvalue weighted by atomic mass is 10.2.